The number of rotatable bonds is 2. The van der Waals surface area contributed by atoms with Gasteiger partial charge >= 0.3 is 6.03 Å². The van der Waals surface area contributed by atoms with E-state index in [1.165, 1.54) is 0 Å². The normalized spacial score (nSPS) is 25.1. The number of benzene rings is 1. The zero-order valence-electron chi connectivity index (χ0n) is 13.2. The maximum atomic E-state index is 14.3. The molecule has 0 unspecified atom stereocenters. The van der Waals surface area contributed by atoms with Crippen molar-refractivity contribution in [3.05, 3.63) is 30.5 Å². The Morgan fingerprint density at radius 1 is 1.21 bits per heavy atom. The van der Waals surface area contributed by atoms with Crippen molar-refractivity contribution in [2.75, 3.05) is 24.5 Å². The summed E-state index contributed by atoms with van der Waals surface area (Å²) in [5, 5.41) is 6.30. The van der Waals surface area contributed by atoms with Crippen LogP contribution in [-0.4, -0.2) is 42.3 Å². The topological polar surface area (TPSA) is 66.4 Å². The van der Waals surface area contributed by atoms with Crippen molar-refractivity contribution >= 4 is 28.5 Å². The van der Waals surface area contributed by atoms with Crippen molar-refractivity contribution in [1.82, 2.24) is 15.2 Å². The average Bonchev–Trinajstić information content (AvgIpc) is 2.99. The van der Waals surface area contributed by atoms with Gasteiger partial charge < -0.3 is 9.88 Å². The maximum Gasteiger partial charge on any atom is 0.328 e. The molecule has 2 aromatic rings. The molecule has 2 atom stereocenters. The van der Waals surface area contributed by atoms with Crippen LogP contribution in [-0.2, 0) is 4.79 Å². The van der Waals surface area contributed by atoms with Gasteiger partial charge in [0.25, 0.3) is 0 Å². The molecule has 24 heavy (non-hydrogen) atoms. The number of amides is 3. The molecule has 126 valence electrons. The molecule has 4 rings (SSSR count). The van der Waals surface area contributed by atoms with E-state index in [1.54, 1.807) is 4.90 Å². The van der Waals surface area contributed by atoms with E-state index in [-0.39, 0.29) is 18.4 Å². The van der Waals surface area contributed by atoms with Crippen molar-refractivity contribution in [1.29, 1.82) is 0 Å². The number of halogens is 1. The highest BCUT2D eigenvalue weighted by molar-refractivity contribution is 6.09. The molecular formula is C17H19FN4O2. The molecule has 7 heteroatoms. The molecule has 2 aliphatic heterocycles. The molecule has 6 nitrogen and oxygen atoms in total. The van der Waals surface area contributed by atoms with Gasteiger partial charge in [-0.2, -0.15) is 0 Å². The number of nitrogens with zero attached hydrogens (tertiary/aromatic N) is 2. The highest BCUT2D eigenvalue weighted by Crippen LogP contribution is 2.33. The number of aromatic nitrogens is 1. The molecule has 2 fully saturated rings. The Labute approximate surface area is 138 Å². The number of alkyl halides is 1. The summed E-state index contributed by atoms with van der Waals surface area (Å²) in [5.74, 6) is -0.254. The molecule has 2 N–H and O–H groups in total. The molecular weight excluding hydrogens is 311 g/mol. The molecule has 0 spiro atoms. The van der Waals surface area contributed by atoms with Gasteiger partial charge in [-0.1, -0.05) is 6.07 Å². The van der Waals surface area contributed by atoms with Crippen LogP contribution in [0.15, 0.2) is 30.5 Å². The van der Waals surface area contributed by atoms with Crippen LogP contribution in [0.25, 0.3) is 10.9 Å². The predicted octanol–water partition coefficient (Wildman–Crippen LogP) is 1.96. The van der Waals surface area contributed by atoms with E-state index in [0.29, 0.717) is 13.1 Å². The van der Waals surface area contributed by atoms with E-state index in [0.717, 1.165) is 29.6 Å². The van der Waals surface area contributed by atoms with Crippen LogP contribution in [0, 0.1) is 0 Å². The molecule has 1 aromatic heterocycles. The second-order valence-corrected chi connectivity index (χ2v) is 6.26. The van der Waals surface area contributed by atoms with E-state index >= 15 is 0 Å². The number of urea groups is 1. The quantitative estimate of drug-likeness (QED) is 0.885. The van der Waals surface area contributed by atoms with Crippen LogP contribution in [0.4, 0.5) is 14.9 Å². The van der Waals surface area contributed by atoms with E-state index in [4.69, 9.17) is 0 Å². The minimum atomic E-state index is -0.936. The number of hydrogen-bond donors (Lipinski definition) is 2. The molecule has 0 radical (unpaired) electrons. The lowest BCUT2D eigenvalue weighted by Gasteiger charge is -2.29. The summed E-state index contributed by atoms with van der Waals surface area (Å²) in [6, 6.07) is 6.99. The van der Waals surface area contributed by atoms with Gasteiger partial charge in [-0.3, -0.25) is 15.0 Å². The number of imide groups is 1. The van der Waals surface area contributed by atoms with Crippen molar-refractivity contribution in [3.63, 3.8) is 0 Å². The molecule has 2 aliphatic rings. The number of nitrogens with one attached hydrogen (secondary N) is 2. The average molecular weight is 330 g/mol. The zero-order chi connectivity index (χ0) is 16.7. The van der Waals surface area contributed by atoms with Gasteiger partial charge in [-0.05, 0) is 31.2 Å². The van der Waals surface area contributed by atoms with Crippen LogP contribution < -0.4 is 15.5 Å². The second kappa shape index (κ2) is 5.90. The summed E-state index contributed by atoms with van der Waals surface area (Å²) in [6.07, 6.45) is 1.97. The summed E-state index contributed by atoms with van der Waals surface area (Å²) in [5.41, 5.74) is 1.66. The third-order valence-corrected chi connectivity index (χ3v) is 4.82. The van der Waals surface area contributed by atoms with E-state index < -0.39 is 12.2 Å². The Morgan fingerprint density at radius 2 is 2.08 bits per heavy atom. The number of anilines is 1. The SMILES string of the molecule is O=C1CCN(c2cccc3c2ccn3[C@H]2CCNC[C@H]2F)C(=O)N1. The van der Waals surface area contributed by atoms with Gasteiger partial charge in [0.2, 0.25) is 5.91 Å². The first kappa shape index (κ1) is 15.1. The Morgan fingerprint density at radius 3 is 2.88 bits per heavy atom. The number of piperidine rings is 1. The zero-order valence-corrected chi connectivity index (χ0v) is 13.2. The summed E-state index contributed by atoms with van der Waals surface area (Å²) in [7, 11) is 0. The first-order valence-corrected chi connectivity index (χ1v) is 8.21. The summed E-state index contributed by atoms with van der Waals surface area (Å²) < 4.78 is 16.3. The number of hydrogen-bond acceptors (Lipinski definition) is 3. The third kappa shape index (κ3) is 2.45. The number of carbonyl (C=O) groups is 2. The van der Waals surface area contributed by atoms with Gasteiger partial charge in [0.15, 0.2) is 0 Å². The first-order chi connectivity index (χ1) is 11.6. The fourth-order valence-electron chi connectivity index (χ4n) is 3.61. The molecule has 3 heterocycles. The van der Waals surface area contributed by atoms with E-state index in [1.807, 2.05) is 35.0 Å². The Kier molecular flexibility index (Phi) is 3.72. The first-order valence-electron chi connectivity index (χ1n) is 8.21. The molecule has 2 saturated heterocycles. The van der Waals surface area contributed by atoms with E-state index in [9.17, 15) is 14.0 Å². The monoisotopic (exact) mass is 330 g/mol. The van der Waals surface area contributed by atoms with Crippen molar-refractivity contribution in [2.24, 2.45) is 0 Å². The number of carbonyl (C=O) groups excluding carboxylic acids is 2. The van der Waals surface area contributed by atoms with Crippen molar-refractivity contribution in [2.45, 2.75) is 25.1 Å². The standard InChI is InChI=1S/C17H19FN4O2/c18-12-10-19-7-4-15(12)21-8-5-11-13(21)2-1-3-14(11)22-9-6-16(23)20-17(22)24/h1-3,5,8,12,15,19H,4,6-7,9-10H2,(H,20,23,24)/t12-,15+/m1/s1. The van der Waals surface area contributed by atoms with Crippen molar-refractivity contribution < 1.29 is 14.0 Å². The fraction of sp³-hybridized carbons (Fsp3) is 0.412. The van der Waals surface area contributed by atoms with Gasteiger partial charge in [0, 0.05) is 31.1 Å². The Hall–Kier alpha value is -2.41. The minimum absolute atomic E-state index is 0.198. The minimum Gasteiger partial charge on any atom is -0.341 e. The Bertz CT molecular complexity index is 803. The lowest BCUT2D eigenvalue weighted by Crippen LogP contribution is -2.49. The van der Waals surface area contributed by atoms with Gasteiger partial charge in [-0.15, -0.1) is 0 Å². The van der Waals surface area contributed by atoms with Crippen LogP contribution in [0.1, 0.15) is 18.9 Å². The van der Waals surface area contributed by atoms with Crippen LogP contribution in [0.5, 0.6) is 0 Å². The Balaban J connectivity index is 1.74. The smallest absolute Gasteiger partial charge is 0.328 e. The summed E-state index contributed by atoms with van der Waals surface area (Å²) in [6.45, 7) is 1.51. The van der Waals surface area contributed by atoms with Gasteiger partial charge in [0.1, 0.15) is 6.17 Å². The largest absolute Gasteiger partial charge is 0.341 e. The second-order valence-electron chi connectivity index (χ2n) is 6.26. The fourth-order valence-corrected chi connectivity index (χ4v) is 3.61. The highest BCUT2D eigenvalue weighted by atomic mass is 19.1. The molecule has 0 aliphatic carbocycles. The van der Waals surface area contributed by atoms with Crippen LogP contribution >= 0.6 is 0 Å². The molecule has 3 amide bonds. The number of fused-ring (bicyclic) bond motifs is 1. The third-order valence-electron chi connectivity index (χ3n) is 4.82. The predicted molar refractivity (Wildman–Crippen MR) is 88.9 cm³/mol. The van der Waals surface area contributed by atoms with E-state index in [2.05, 4.69) is 10.6 Å². The summed E-state index contributed by atoms with van der Waals surface area (Å²) >= 11 is 0. The lowest BCUT2D eigenvalue weighted by atomic mass is 10.0. The van der Waals surface area contributed by atoms with Crippen molar-refractivity contribution in [3.8, 4) is 0 Å². The lowest BCUT2D eigenvalue weighted by molar-refractivity contribution is -0.120. The van der Waals surface area contributed by atoms with Gasteiger partial charge in [-0.25, -0.2) is 9.18 Å². The molecule has 1 aromatic carbocycles. The maximum absolute atomic E-state index is 14.3. The van der Waals surface area contributed by atoms with Gasteiger partial charge in [0.05, 0.1) is 17.2 Å². The highest BCUT2D eigenvalue weighted by Gasteiger charge is 2.29. The summed E-state index contributed by atoms with van der Waals surface area (Å²) in [4.78, 5) is 25.1. The molecule has 0 bridgehead atoms. The molecule has 0 saturated carbocycles. The van der Waals surface area contributed by atoms with Crippen LogP contribution in [0.3, 0.4) is 0 Å². The van der Waals surface area contributed by atoms with Crippen LogP contribution in [0.2, 0.25) is 0 Å².